The van der Waals surface area contributed by atoms with Crippen molar-refractivity contribution in [1.29, 1.82) is 0 Å². The van der Waals surface area contributed by atoms with Gasteiger partial charge in [0.25, 0.3) is 0 Å². The monoisotopic (exact) mass is 304 g/mol. The Hall–Kier alpha value is -0.580. The van der Waals surface area contributed by atoms with Crippen LogP contribution in [0.25, 0.3) is 0 Å². The first-order chi connectivity index (χ1) is 9.15. The minimum Gasteiger partial charge on any atom is -0.370 e. The standard InChI is InChI=1S/C13H22Cl2N4/c1-3-7-19(8-4-2)9-5-6-16-12-10-11(14)17-13(15)18-12/h10H,3-9H2,1-2H3,(H,16,17,18). The summed E-state index contributed by atoms with van der Waals surface area (Å²) in [6.07, 6.45) is 3.47. The van der Waals surface area contributed by atoms with Gasteiger partial charge in [0.1, 0.15) is 11.0 Å². The molecule has 1 aromatic rings. The quantitative estimate of drug-likeness (QED) is 0.429. The molecule has 0 bridgehead atoms. The fourth-order valence-corrected chi connectivity index (χ4v) is 2.38. The van der Waals surface area contributed by atoms with Gasteiger partial charge in [-0.05, 0) is 50.5 Å². The van der Waals surface area contributed by atoms with Crippen molar-refractivity contribution in [3.8, 4) is 0 Å². The number of halogens is 2. The van der Waals surface area contributed by atoms with Crippen molar-refractivity contribution in [2.45, 2.75) is 33.1 Å². The second-order valence-electron chi connectivity index (χ2n) is 4.47. The topological polar surface area (TPSA) is 41.0 Å². The number of nitrogens with zero attached hydrogens (tertiary/aromatic N) is 3. The number of anilines is 1. The average molecular weight is 305 g/mol. The van der Waals surface area contributed by atoms with Crippen LogP contribution in [0.15, 0.2) is 6.07 Å². The fraction of sp³-hybridized carbons (Fsp3) is 0.692. The zero-order chi connectivity index (χ0) is 14.1. The lowest BCUT2D eigenvalue weighted by molar-refractivity contribution is 0.274. The van der Waals surface area contributed by atoms with E-state index in [1.165, 1.54) is 25.9 Å². The van der Waals surface area contributed by atoms with Crippen LogP contribution in [0.2, 0.25) is 10.4 Å². The van der Waals surface area contributed by atoms with Crippen molar-refractivity contribution in [1.82, 2.24) is 14.9 Å². The normalized spacial score (nSPS) is 11.0. The molecule has 0 atom stereocenters. The largest absolute Gasteiger partial charge is 0.370 e. The third kappa shape index (κ3) is 6.95. The molecule has 6 heteroatoms. The second kappa shape index (κ2) is 9.34. The van der Waals surface area contributed by atoms with E-state index in [-0.39, 0.29) is 5.28 Å². The Labute approximate surface area is 125 Å². The van der Waals surface area contributed by atoms with Gasteiger partial charge in [0.2, 0.25) is 5.28 Å². The minimum atomic E-state index is 0.175. The van der Waals surface area contributed by atoms with Crippen molar-refractivity contribution in [3.63, 3.8) is 0 Å². The Morgan fingerprint density at radius 1 is 1.11 bits per heavy atom. The van der Waals surface area contributed by atoms with E-state index in [0.717, 1.165) is 19.5 Å². The predicted octanol–water partition coefficient (Wildman–Crippen LogP) is 3.71. The first kappa shape index (κ1) is 16.5. The highest BCUT2D eigenvalue weighted by molar-refractivity contribution is 6.32. The van der Waals surface area contributed by atoms with Gasteiger partial charge in [-0.25, -0.2) is 9.97 Å². The summed E-state index contributed by atoms with van der Waals surface area (Å²) in [7, 11) is 0. The second-order valence-corrected chi connectivity index (χ2v) is 5.19. The smallest absolute Gasteiger partial charge is 0.225 e. The number of rotatable bonds is 9. The van der Waals surface area contributed by atoms with E-state index in [1.807, 2.05) is 0 Å². The molecule has 0 aliphatic rings. The van der Waals surface area contributed by atoms with Gasteiger partial charge in [0.05, 0.1) is 0 Å². The molecule has 1 N–H and O–H groups in total. The molecule has 0 radical (unpaired) electrons. The molecule has 0 saturated heterocycles. The molecular weight excluding hydrogens is 283 g/mol. The Morgan fingerprint density at radius 3 is 2.37 bits per heavy atom. The highest BCUT2D eigenvalue weighted by Gasteiger charge is 2.03. The summed E-state index contributed by atoms with van der Waals surface area (Å²) in [5, 5.41) is 3.76. The van der Waals surface area contributed by atoms with Gasteiger partial charge in [0.15, 0.2) is 0 Å². The molecule has 0 fully saturated rings. The summed E-state index contributed by atoms with van der Waals surface area (Å²) in [5.74, 6) is 0.683. The van der Waals surface area contributed by atoms with Gasteiger partial charge in [0, 0.05) is 12.6 Å². The van der Waals surface area contributed by atoms with Crippen molar-refractivity contribution in [3.05, 3.63) is 16.5 Å². The third-order valence-corrected chi connectivity index (χ3v) is 3.07. The van der Waals surface area contributed by atoms with Crippen molar-refractivity contribution in [2.75, 3.05) is 31.5 Å². The van der Waals surface area contributed by atoms with Crippen molar-refractivity contribution < 1.29 is 0 Å². The molecule has 0 aliphatic heterocycles. The minimum absolute atomic E-state index is 0.175. The molecule has 1 heterocycles. The molecule has 1 rings (SSSR count). The van der Waals surface area contributed by atoms with Crippen LogP contribution in [0.1, 0.15) is 33.1 Å². The van der Waals surface area contributed by atoms with Gasteiger partial charge in [-0.2, -0.15) is 0 Å². The highest BCUT2D eigenvalue weighted by Crippen LogP contribution is 2.14. The van der Waals surface area contributed by atoms with Crippen molar-refractivity contribution >= 4 is 29.0 Å². The van der Waals surface area contributed by atoms with Gasteiger partial charge in [-0.15, -0.1) is 0 Å². The maximum atomic E-state index is 5.81. The maximum Gasteiger partial charge on any atom is 0.225 e. The van der Waals surface area contributed by atoms with Crippen LogP contribution in [-0.4, -0.2) is 41.0 Å². The summed E-state index contributed by atoms with van der Waals surface area (Å²) in [6.45, 7) is 8.71. The number of aromatic nitrogens is 2. The van der Waals surface area contributed by atoms with Gasteiger partial charge in [-0.3, -0.25) is 0 Å². The zero-order valence-electron chi connectivity index (χ0n) is 11.6. The SMILES string of the molecule is CCCN(CCC)CCCNc1cc(Cl)nc(Cl)n1. The van der Waals surface area contributed by atoms with E-state index in [4.69, 9.17) is 23.2 Å². The third-order valence-electron chi connectivity index (χ3n) is 2.70. The molecular formula is C13H22Cl2N4. The Bertz CT molecular complexity index is 347. The molecule has 0 spiro atoms. The van der Waals surface area contributed by atoms with Crippen LogP contribution >= 0.6 is 23.2 Å². The first-order valence-electron chi connectivity index (χ1n) is 6.82. The Balaban J connectivity index is 2.29. The number of nitrogens with one attached hydrogen (secondary N) is 1. The summed E-state index contributed by atoms with van der Waals surface area (Å²) >= 11 is 11.6. The van der Waals surface area contributed by atoms with Crippen molar-refractivity contribution in [2.24, 2.45) is 0 Å². The summed E-state index contributed by atoms with van der Waals surface area (Å²) in [6, 6.07) is 1.68. The summed E-state index contributed by atoms with van der Waals surface area (Å²) in [5.41, 5.74) is 0. The van der Waals surface area contributed by atoms with Crippen LogP contribution in [0, 0.1) is 0 Å². The summed E-state index contributed by atoms with van der Waals surface area (Å²) < 4.78 is 0. The highest BCUT2D eigenvalue weighted by atomic mass is 35.5. The van der Waals surface area contributed by atoms with Gasteiger partial charge in [-0.1, -0.05) is 25.4 Å². The molecule has 4 nitrogen and oxygen atoms in total. The van der Waals surface area contributed by atoms with E-state index in [0.29, 0.717) is 11.0 Å². The molecule has 108 valence electrons. The first-order valence-corrected chi connectivity index (χ1v) is 7.57. The molecule has 1 aromatic heterocycles. The van der Waals surface area contributed by atoms with Crippen LogP contribution in [-0.2, 0) is 0 Å². The van der Waals surface area contributed by atoms with E-state index in [9.17, 15) is 0 Å². The van der Waals surface area contributed by atoms with E-state index >= 15 is 0 Å². The lowest BCUT2D eigenvalue weighted by Gasteiger charge is -2.20. The molecule has 0 aliphatic carbocycles. The molecule has 19 heavy (non-hydrogen) atoms. The average Bonchev–Trinajstić information content (AvgIpc) is 2.34. The molecule has 0 unspecified atom stereocenters. The van der Waals surface area contributed by atoms with E-state index in [2.05, 4.69) is 34.0 Å². The molecule has 0 aromatic carbocycles. The zero-order valence-corrected chi connectivity index (χ0v) is 13.1. The van der Waals surface area contributed by atoms with Gasteiger partial charge < -0.3 is 10.2 Å². The lowest BCUT2D eigenvalue weighted by Crippen LogP contribution is -2.27. The van der Waals surface area contributed by atoms with E-state index in [1.54, 1.807) is 6.07 Å². The van der Waals surface area contributed by atoms with Crippen LogP contribution < -0.4 is 5.32 Å². The van der Waals surface area contributed by atoms with Crippen LogP contribution in [0.4, 0.5) is 5.82 Å². The van der Waals surface area contributed by atoms with E-state index < -0.39 is 0 Å². The fourth-order valence-electron chi connectivity index (χ4n) is 1.97. The van der Waals surface area contributed by atoms with Crippen LogP contribution in [0.5, 0.6) is 0 Å². The summed E-state index contributed by atoms with van der Waals surface area (Å²) in [4.78, 5) is 10.4. The number of hydrogen-bond acceptors (Lipinski definition) is 4. The Morgan fingerprint density at radius 2 is 1.79 bits per heavy atom. The van der Waals surface area contributed by atoms with Crippen LogP contribution in [0.3, 0.4) is 0 Å². The van der Waals surface area contributed by atoms with Gasteiger partial charge >= 0.3 is 0 Å². The molecule has 0 amide bonds. The predicted molar refractivity (Wildman–Crippen MR) is 82.2 cm³/mol. The number of hydrogen-bond donors (Lipinski definition) is 1. The molecule has 0 saturated carbocycles. The maximum absolute atomic E-state index is 5.81. The Kier molecular flexibility index (Phi) is 8.10. The lowest BCUT2D eigenvalue weighted by atomic mass is 10.3.